The predicted molar refractivity (Wildman–Crippen MR) is 105 cm³/mol. The van der Waals surface area contributed by atoms with E-state index < -0.39 is 18.6 Å². The second-order valence-corrected chi connectivity index (χ2v) is 6.45. The van der Waals surface area contributed by atoms with Crippen LogP contribution in [-0.4, -0.2) is 24.5 Å². The average molecular weight is 391 g/mol. The number of hydrogen-bond acceptors (Lipinski definition) is 4. The summed E-state index contributed by atoms with van der Waals surface area (Å²) in [5, 5.41) is 8.36. The van der Waals surface area contributed by atoms with Crippen molar-refractivity contribution in [1.29, 1.82) is 0 Å². The number of anilines is 3. The SMILES string of the molecule is CC(C)C(=O)Nc1ccc(NC(C)C(=O)Nc2ccccc2OC(F)F)cc1. The summed E-state index contributed by atoms with van der Waals surface area (Å²) in [5.74, 6) is -0.734. The highest BCUT2D eigenvalue weighted by Crippen LogP contribution is 2.25. The number of ether oxygens (including phenoxy) is 1. The maximum absolute atomic E-state index is 12.5. The van der Waals surface area contributed by atoms with Crippen molar-refractivity contribution in [2.24, 2.45) is 5.92 Å². The van der Waals surface area contributed by atoms with Crippen molar-refractivity contribution in [3.63, 3.8) is 0 Å². The van der Waals surface area contributed by atoms with Gasteiger partial charge in [0.1, 0.15) is 11.8 Å². The fraction of sp³-hybridized carbons (Fsp3) is 0.300. The van der Waals surface area contributed by atoms with Crippen LogP contribution in [0.5, 0.6) is 5.75 Å². The molecule has 0 aromatic heterocycles. The van der Waals surface area contributed by atoms with Gasteiger partial charge in [-0.3, -0.25) is 9.59 Å². The van der Waals surface area contributed by atoms with Gasteiger partial charge in [0.2, 0.25) is 11.8 Å². The number of hydrogen-bond donors (Lipinski definition) is 3. The Morgan fingerprint density at radius 2 is 1.46 bits per heavy atom. The van der Waals surface area contributed by atoms with Crippen LogP contribution in [0.1, 0.15) is 20.8 Å². The second-order valence-electron chi connectivity index (χ2n) is 6.45. The smallest absolute Gasteiger partial charge is 0.387 e. The Balaban J connectivity index is 1.96. The van der Waals surface area contributed by atoms with E-state index in [-0.39, 0.29) is 23.3 Å². The summed E-state index contributed by atoms with van der Waals surface area (Å²) >= 11 is 0. The number of para-hydroxylation sites is 2. The summed E-state index contributed by atoms with van der Waals surface area (Å²) in [5.41, 5.74) is 1.48. The molecule has 0 radical (unpaired) electrons. The van der Waals surface area contributed by atoms with Crippen molar-refractivity contribution in [1.82, 2.24) is 0 Å². The second kappa shape index (κ2) is 9.68. The zero-order valence-electron chi connectivity index (χ0n) is 15.8. The van der Waals surface area contributed by atoms with Gasteiger partial charge >= 0.3 is 6.61 Å². The molecule has 28 heavy (non-hydrogen) atoms. The number of rotatable bonds is 8. The van der Waals surface area contributed by atoms with Crippen LogP contribution >= 0.6 is 0 Å². The van der Waals surface area contributed by atoms with Crippen LogP contribution in [0.2, 0.25) is 0 Å². The fourth-order valence-electron chi connectivity index (χ4n) is 2.26. The maximum atomic E-state index is 12.5. The number of amides is 2. The van der Waals surface area contributed by atoms with Gasteiger partial charge in [-0.2, -0.15) is 8.78 Å². The summed E-state index contributed by atoms with van der Waals surface area (Å²) in [4.78, 5) is 24.1. The van der Waals surface area contributed by atoms with Gasteiger partial charge in [-0.1, -0.05) is 26.0 Å². The Kier molecular flexibility index (Phi) is 7.31. The Bertz CT molecular complexity index is 811. The minimum absolute atomic E-state index is 0.0851. The Morgan fingerprint density at radius 3 is 2.07 bits per heavy atom. The molecule has 0 spiro atoms. The molecule has 2 rings (SSSR count). The molecule has 150 valence electrons. The molecule has 0 aliphatic carbocycles. The third-order valence-electron chi connectivity index (χ3n) is 3.81. The van der Waals surface area contributed by atoms with Crippen molar-refractivity contribution in [2.45, 2.75) is 33.4 Å². The summed E-state index contributed by atoms with van der Waals surface area (Å²) in [7, 11) is 0. The molecular weight excluding hydrogens is 368 g/mol. The fourth-order valence-corrected chi connectivity index (χ4v) is 2.26. The quantitative estimate of drug-likeness (QED) is 0.626. The van der Waals surface area contributed by atoms with E-state index >= 15 is 0 Å². The van der Waals surface area contributed by atoms with Gasteiger partial charge in [0, 0.05) is 17.3 Å². The lowest BCUT2D eigenvalue weighted by atomic mass is 10.2. The number of carbonyl (C=O) groups is 2. The monoisotopic (exact) mass is 391 g/mol. The highest BCUT2D eigenvalue weighted by Gasteiger charge is 2.16. The predicted octanol–water partition coefficient (Wildman–Crippen LogP) is 4.32. The first-order chi connectivity index (χ1) is 13.3. The van der Waals surface area contributed by atoms with E-state index in [1.54, 1.807) is 51.1 Å². The van der Waals surface area contributed by atoms with Gasteiger partial charge in [-0.15, -0.1) is 0 Å². The van der Waals surface area contributed by atoms with Gasteiger partial charge < -0.3 is 20.7 Å². The van der Waals surface area contributed by atoms with E-state index in [1.165, 1.54) is 18.2 Å². The highest BCUT2D eigenvalue weighted by molar-refractivity contribution is 5.97. The van der Waals surface area contributed by atoms with Crippen LogP contribution in [0, 0.1) is 5.92 Å². The summed E-state index contributed by atoms with van der Waals surface area (Å²) in [6.07, 6.45) is 0. The van der Waals surface area contributed by atoms with Crippen LogP contribution in [0.3, 0.4) is 0 Å². The van der Waals surface area contributed by atoms with Crippen LogP contribution < -0.4 is 20.7 Å². The molecule has 0 fully saturated rings. The standard InChI is InChI=1S/C20H23F2N3O3/c1-12(2)18(26)24-15-10-8-14(9-11-15)23-13(3)19(27)25-16-6-4-5-7-17(16)28-20(21)22/h4-13,20,23H,1-3H3,(H,24,26)(H,25,27). The first-order valence-corrected chi connectivity index (χ1v) is 8.78. The number of carbonyl (C=O) groups excluding carboxylic acids is 2. The van der Waals surface area contributed by atoms with E-state index in [0.29, 0.717) is 11.4 Å². The molecule has 0 aliphatic rings. The first kappa shape index (κ1) is 21.1. The van der Waals surface area contributed by atoms with Crippen LogP contribution in [-0.2, 0) is 9.59 Å². The molecule has 8 heteroatoms. The maximum Gasteiger partial charge on any atom is 0.387 e. The van der Waals surface area contributed by atoms with Gasteiger partial charge in [-0.25, -0.2) is 0 Å². The van der Waals surface area contributed by atoms with Crippen molar-refractivity contribution >= 4 is 28.9 Å². The molecule has 1 atom stereocenters. The third kappa shape index (κ3) is 6.22. The largest absolute Gasteiger partial charge is 0.433 e. The topological polar surface area (TPSA) is 79.5 Å². The van der Waals surface area contributed by atoms with Crippen molar-refractivity contribution in [2.75, 3.05) is 16.0 Å². The van der Waals surface area contributed by atoms with E-state index in [0.717, 1.165) is 0 Å². The molecule has 3 N–H and O–H groups in total. The lowest BCUT2D eigenvalue weighted by Gasteiger charge is -2.17. The highest BCUT2D eigenvalue weighted by atomic mass is 19.3. The zero-order chi connectivity index (χ0) is 20.7. The van der Waals surface area contributed by atoms with E-state index in [1.807, 2.05) is 0 Å². The van der Waals surface area contributed by atoms with Crippen LogP contribution in [0.4, 0.5) is 25.8 Å². The van der Waals surface area contributed by atoms with Gasteiger partial charge in [0.05, 0.1) is 5.69 Å². The molecule has 6 nitrogen and oxygen atoms in total. The molecule has 0 saturated heterocycles. The van der Waals surface area contributed by atoms with Crippen LogP contribution in [0.25, 0.3) is 0 Å². The molecule has 0 bridgehead atoms. The minimum atomic E-state index is -2.98. The molecule has 0 aliphatic heterocycles. The molecule has 0 heterocycles. The normalized spacial score (nSPS) is 11.8. The molecule has 1 unspecified atom stereocenters. The van der Waals surface area contributed by atoms with Crippen molar-refractivity contribution < 1.29 is 23.1 Å². The van der Waals surface area contributed by atoms with Gasteiger partial charge in [0.15, 0.2) is 0 Å². The summed E-state index contributed by atoms with van der Waals surface area (Å²) in [6, 6.07) is 12.2. The summed E-state index contributed by atoms with van der Waals surface area (Å²) < 4.78 is 29.3. The number of halogens is 2. The number of nitrogens with one attached hydrogen (secondary N) is 3. The van der Waals surface area contributed by atoms with Gasteiger partial charge in [-0.05, 0) is 43.3 Å². The minimum Gasteiger partial charge on any atom is -0.433 e. The molecule has 0 saturated carbocycles. The molecule has 2 aromatic carbocycles. The first-order valence-electron chi connectivity index (χ1n) is 8.78. The summed E-state index contributed by atoms with van der Waals surface area (Å²) in [6.45, 7) is 2.26. The molecular formula is C20H23F2N3O3. The van der Waals surface area contributed by atoms with Crippen LogP contribution in [0.15, 0.2) is 48.5 Å². The van der Waals surface area contributed by atoms with E-state index in [4.69, 9.17) is 0 Å². The lowest BCUT2D eigenvalue weighted by molar-refractivity contribution is -0.119. The zero-order valence-corrected chi connectivity index (χ0v) is 15.8. The van der Waals surface area contributed by atoms with E-state index in [2.05, 4.69) is 20.7 Å². The Morgan fingerprint density at radius 1 is 0.857 bits per heavy atom. The lowest BCUT2D eigenvalue weighted by Crippen LogP contribution is -2.32. The van der Waals surface area contributed by atoms with Crippen molar-refractivity contribution in [3.05, 3.63) is 48.5 Å². The van der Waals surface area contributed by atoms with Gasteiger partial charge in [0.25, 0.3) is 0 Å². The number of alkyl halides is 2. The number of benzene rings is 2. The third-order valence-corrected chi connectivity index (χ3v) is 3.81. The Hall–Kier alpha value is -3.16. The average Bonchev–Trinajstić information content (AvgIpc) is 2.64. The molecule has 2 aromatic rings. The van der Waals surface area contributed by atoms with E-state index in [9.17, 15) is 18.4 Å². The Labute approximate surface area is 162 Å². The molecule has 2 amide bonds. The van der Waals surface area contributed by atoms with Crippen molar-refractivity contribution in [3.8, 4) is 5.75 Å².